The number of hydrogen-bond acceptors (Lipinski definition) is 23. The van der Waals surface area contributed by atoms with Crippen molar-refractivity contribution in [3.8, 4) is 0 Å². The Balaban J connectivity index is 1.36. The number of hydrogen-bond donors (Lipinski definition) is 15. The molecule has 0 bridgehead atoms. The van der Waals surface area contributed by atoms with Crippen LogP contribution in [0, 0.1) is 0 Å². The van der Waals surface area contributed by atoms with Gasteiger partial charge in [-0.05, 0) is 19.3 Å². The lowest BCUT2D eigenvalue weighted by atomic mass is 9.94. The minimum atomic E-state index is -2.10. The third kappa shape index (κ3) is 26.0. The number of amides is 2. The molecule has 0 aromatic rings. The molecular weight excluding hydrogens is 1140 g/mol. The number of carbonyl (C=O) groups excluding carboxylic acids is 2. The summed E-state index contributed by atoms with van der Waals surface area (Å²) in [6, 6.07) is -2.62. The molecule has 4 aliphatic rings. The summed E-state index contributed by atoms with van der Waals surface area (Å²) in [6.07, 6.45) is 0.0598. The van der Waals surface area contributed by atoms with E-state index in [4.69, 9.17) is 37.9 Å². The van der Waals surface area contributed by atoms with Crippen molar-refractivity contribution < 1.29 is 114 Å². The third-order valence-electron chi connectivity index (χ3n) is 17.1. The van der Waals surface area contributed by atoms with Gasteiger partial charge in [-0.15, -0.1) is 0 Å². The van der Waals surface area contributed by atoms with Crippen molar-refractivity contribution in [3.63, 3.8) is 0 Å². The van der Waals surface area contributed by atoms with E-state index in [0.29, 0.717) is 12.8 Å². The van der Waals surface area contributed by atoms with Crippen molar-refractivity contribution in [1.82, 2.24) is 10.6 Å². The third-order valence-corrected chi connectivity index (χ3v) is 17.1. The Bertz CT molecular complexity index is 1830. The Morgan fingerprint density at radius 3 is 1.30 bits per heavy atom. The molecule has 87 heavy (non-hydrogen) atoms. The van der Waals surface area contributed by atoms with Crippen LogP contribution in [-0.2, 0) is 47.5 Å². The zero-order valence-corrected chi connectivity index (χ0v) is 52.1. The summed E-state index contributed by atoms with van der Waals surface area (Å²) in [6.45, 7) is 1.59. The van der Waals surface area contributed by atoms with Crippen LogP contribution in [-0.4, -0.2) is 246 Å². The molecule has 4 fully saturated rings. The zero-order chi connectivity index (χ0) is 63.7. The lowest BCUT2D eigenvalue weighted by Crippen LogP contribution is -2.70. The Morgan fingerprint density at radius 2 is 0.828 bits per heavy atom. The van der Waals surface area contributed by atoms with Crippen LogP contribution in [0.5, 0.6) is 0 Å². The van der Waals surface area contributed by atoms with Crippen LogP contribution in [0.15, 0.2) is 12.2 Å². The summed E-state index contributed by atoms with van der Waals surface area (Å²) in [5, 5.41) is 147. The van der Waals surface area contributed by atoms with Crippen molar-refractivity contribution >= 4 is 11.8 Å². The van der Waals surface area contributed by atoms with Crippen LogP contribution in [0.25, 0.3) is 0 Å². The van der Waals surface area contributed by atoms with Gasteiger partial charge < -0.3 is 115 Å². The first-order chi connectivity index (χ1) is 42.0. The van der Waals surface area contributed by atoms with Gasteiger partial charge in [-0.1, -0.05) is 180 Å². The summed E-state index contributed by atoms with van der Waals surface area (Å²) in [5.41, 5.74) is 0. The van der Waals surface area contributed by atoms with E-state index in [1.54, 1.807) is 6.08 Å². The van der Waals surface area contributed by atoms with Crippen LogP contribution in [0.3, 0.4) is 0 Å². The van der Waals surface area contributed by atoms with Crippen molar-refractivity contribution in [2.75, 3.05) is 33.0 Å². The number of unbranched alkanes of at least 4 members (excludes halogenated alkanes) is 25. The molecule has 510 valence electrons. The van der Waals surface area contributed by atoms with Gasteiger partial charge in [0.15, 0.2) is 25.2 Å². The summed E-state index contributed by atoms with van der Waals surface area (Å²) < 4.78 is 46.7. The number of nitrogens with one attached hydrogen (secondary N) is 2. The fourth-order valence-electron chi connectivity index (χ4n) is 11.7. The normalized spacial score (nSPS) is 33.8. The first-order valence-electron chi connectivity index (χ1n) is 32.9. The number of rotatable bonds is 45. The monoisotopic (exact) mass is 1250 g/mol. The summed E-state index contributed by atoms with van der Waals surface area (Å²) >= 11 is 0. The van der Waals surface area contributed by atoms with Crippen molar-refractivity contribution in [3.05, 3.63) is 12.2 Å². The summed E-state index contributed by atoms with van der Waals surface area (Å²) in [5.74, 6) is -1.06. The quantitative estimate of drug-likeness (QED) is 0.0305. The maximum absolute atomic E-state index is 13.4. The molecule has 0 saturated carbocycles. The summed E-state index contributed by atoms with van der Waals surface area (Å²) in [4.78, 5) is 26.0. The molecule has 0 unspecified atom stereocenters. The highest BCUT2D eigenvalue weighted by Gasteiger charge is 2.56. The molecule has 0 aliphatic carbocycles. The molecule has 0 spiro atoms. The summed E-state index contributed by atoms with van der Waals surface area (Å²) in [7, 11) is 0. The van der Waals surface area contributed by atoms with Crippen LogP contribution in [0.1, 0.15) is 201 Å². The first kappa shape index (κ1) is 77.3. The van der Waals surface area contributed by atoms with E-state index < -0.39 is 174 Å². The number of carbonyl (C=O) groups is 2. The minimum Gasteiger partial charge on any atom is -0.394 e. The molecule has 2 amide bonds. The molecule has 22 atom stereocenters. The van der Waals surface area contributed by atoms with Gasteiger partial charge in [-0.3, -0.25) is 9.59 Å². The Labute approximate surface area is 515 Å². The lowest BCUT2D eigenvalue weighted by Gasteiger charge is -2.50. The molecule has 4 saturated heterocycles. The average molecular weight is 1260 g/mol. The van der Waals surface area contributed by atoms with E-state index >= 15 is 0 Å². The number of aliphatic hydroxyl groups is 13. The molecule has 4 rings (SSSR count). The van der Waals surface area contributed by atoms with E-state index in [9.17, 15) is 76.0 Å². The van der Waals surface area contributed by atoms with Crippen LogP contribution in [0.4, 0.5) is 0 Å². The fourth-order valence-corrected chi connectivity index (χ4v) is 11.7. The molecule has 4 heterocycles. The second-order valence-corrected chi connectivity index (χ2v) is 24.3. The van der Waals surface area contributed by atoms with E-state index in [1.807, 2.05) is 6.08 Å². The number of allylic oxidation sites excluding steroid dienone is 1. The van der Waals surface area contributed by atoms with Gasteiger partial charge in [0.05, 0.1) is 45.2 Å². The predicted octanol–water partition coefficient (Wildman–Crippen LogP) is 1.78. The second-order valence-electron chi connectivity index (χ2n) is 24.3. The van der Waals surface area contributed by atoms with Gasteiger partial charge in [0.25, 0.3) is 0 Å². The highest BCUT2D eigenvalue weighted by Crippen LogP contribution is 2.35. The highest BCUT2D eigenvalue weighted by molar-refractivity contribution is 5.76. The molecule has 0 aromatic carbocycles. The molecule has 15 N–H and O–H groups in total. The lowest BCUT2D eigenvalue weighted by molar-refractivity contribution is -0.380. The topological polar surface area (TPSA) is 395 Å². The van der Waals surface area contributed by atoms with Crippen molar-refractivity contribution in [1.29, 1.82) is 0 Å². The fraction of sp³-hybridized carbons (Fsp3) is 0.935. The van der Waals surface area contributed by atoms with Gasteiger partial charge in [0, 0.05) is 13.3 Å². The highest BCUT2D eigenvalue weighted by atomic mass is 16.8. The van der Waals surface area contributed by atoms with E-state index in [1.165, 1.54) is 116 Å². The van der Waals surface area contributed by atoms with Crippen molar-refractivity contribution in [2.45, 2.75) is 335 Å². The smallest absolute Gasteiger partial charge is 0.220 e. The maximum Gasteiger partial charge on any atom is 0.220 e. The Kier molecular flexibility index (Phi) is 38.8. The first-order valence-corrected chi connectivity index (χ1v) is 32.9. The van der Waals surface area contributed by atoms with Crippen LogP contribution in [0.2, 0.25) is 0 Å². The Hall–Kier alpha value is -2.16. The van der Waals surface area contributed by atoms with E-state index in [-0.39, 0.29) is 12.3 Å². The molecule has 0 aromatic heterocycles. The number of ether oxygens (including phenoxy) is 8. The number of aliphatic hydroxyl groups excluding tert-OH is 13. The van der Waals surface area contributed by atoms with Gasteiger partial charge in [-0.25, -0.2) is 0 Å². The maximum atomic E-state index is 13.4. The molecule has 25 heteroatoms. The van der Waals surface area contributed by atoms with Gasteiger partial charge in [0.1, 0.15) is 97.6 Å². The standard InChI is InChI=1S/C62H114N2O23/c1-4-6-8-10-12-14-16-18-19-21-23-25-27-29-31-33-46(71)64-40(41(70)32-30-28-26-24-22-20-17-15-13-11-9-7-5-2)38-80-60-54(78)51(75)57(44(36-67)83-60)86-62-55(79)52(76)56(45(37-68)84-62)85-59-47(63-39(3)69)58(49(73)43(35-66)81-59)87-61-53(77)50(74)48(72)42(34-65)82-61/h30,32,40-45,47-62,65-68,70,72-79H,4-29,31,33-38H2,1-3H3,(H,63,69)(H,64,71)/b32-30+/t40-,41+,42+,43+,44+,45+,47+,48-,49-,50-,51+,52+,53+,54+,55+,56-,57+,58+,59-,60+,61-,62-/m0/s1. The van der Waals surface area contributed by atoms with E-state index in [2.05, 4.69) is 24.5 Å². The van der Waals surface area contributed by atoms with Gasteiger partial charge >= 0.3 is 0 Å². The van der Waals surface area contributed by atoms with Crippen LogP contribution >= 0.6 is 0 Å². The van der Waals surface area contributed by atoms with Gasteiger partial charge in [-0.2, -0.15) is 0 Å². The zero-order valence-electron chi connectivity index (χ0n) is 52.1. The SMILES string of the molecule is CCCCCCCCCCCCC/C=C/[C@@H](O)[C@H](CO[C@@H]1O[C@H](CO)[C@@H](O[C@@H]2O[C@H](CO)[C@H](O[C@@H]3O[C@H](CO)[C@H](O)[C@H](O[C@@H]4O[C@H](CO)[C@H](O)[C@H](O)[C@H]4O)[C@H]3NC(C)=O)[C@H](O)[C@H]2O)[C@H](O)[C@H]1O)NC(=O)CCCCCCCCCCCCCCCCC. The van der Waals surface area contributed by atoms with E-state index in [0.717, 1.165) is 51.9 Å². The molecule has 4 aliphatic heterocycles. The van der Waals surface area contributed by atoms with Crippen molar-refractivity contribution in [2.24, 2.45) is 0 Å². The predicted molar refractivity (Wildman–Crippen MR) is 317 cm³/mol. The van der Waals surface area contributed by atoms with Crippen LogP contribution < -0.4 is 10.6 Å². The second kappa shape index (κ2) is 43.6. The molecule has 0 radical (unpaired) electrons. The Morgan fingerprint density at radius 1 is 0.448 bits per heavy atom. The molecular formula is C62H114N2O23. The largest absolute Gasteiger partial charge is 0.394 e. The molecule has 25 nitrogen and oxygen atoms in total. The minimum absolute atomic E-state index is 0.217. The van der Waals surface area contributed by atoms with Gasteiger partial charge in [0.2, 0.25) is 11.8 Å². The average Bonchev–Trinajstić information content (AvgIpc) is 3.37.